The molecule has 0 aromatic heterocycles. The predicted octanol–water partition coefficient (Wildman–Crippen LogP) is 8.76. The van der Waals surface area contributed by atoms with E-state index in [-0.39, 0.29) is 23.0 Å². The highest BCUT2D eigenvalue weighted by molar-refractivity contribution is 6.02. The maximum Gasteiger partial charge on any atom is 0.173 e. The van der Waals surface area contributed by atoms with Gasteiger partial charge in [0.2, 0.25) is 0 Å². The fraction of sp³-hybridized carbons (Fsp3) is 0.516. The van der Waals surface area contributed by atoms with Crippen LogP contribution in [0.2, 0.25) is 0 Å². The summed E-state index contributed by atoms with van der Waals surface area (Å²) in [6.45, 7) is 17.1. The molecule has 1 atom stereocenters. The topological polar surface area (TPSA) is 55.8 Å². The lowest BCUT2D eigenvalue weighted by Crippen LogP contribution is -2.13. The summed E-state index contributed by atoms with van der Waals surface area (Å²) in [5.74, 6) is 0.420. The van der Waals surface area contributed by atoms with Crippen molar-refractivity contribution < 1.29 is 19.4 Å². The third kappa shape index (κ3) is 12.0. The lowest BCUT2D eigenvalue weighted by molar-refractivity contribution is 0.0920. The van der Waals surface area contributed by atoms with Crippen molar-refractivity contribution in [1.82, 2.24) is 0 Å². The molecule has 0 saturated heterocycles. The smallest absolute Gasteiger partial charge is 0.173 e. The van der Waals surface area contributed by atoms with Gasteiger partial charge in [-0.2, -0.15) is 0 Å². The molecule has 0 heterocycles. The molecule has 0 bridgehead atoms. The highest BCUT2D eigenvalue weighted by Crippen LogP contribution is 2.36. The standard InChI is InChI=1S/C31H46O4/c1-9-26(8)31(33)30-28(32)20-27(34-18-16-24(6)14-10-12-22(2)3)21-29(30)35-19-17-25(7)15-11-13-23(4)5/h12-13,16-17,20-21,26,32H,9-11,14-15,18-19H2,1-8H3/t26-/m0/s1. The molecule has 1 rings (SSSR count). The quantitative estimate of drug-likeness (QED) is 0.200. The SMILES string of the molecule is CC[C@H](C)C(=O)c1c(O)cc(OCC=C(C)CCC=C(C)C)cc1OCC=C(C)CCC=C(C)C. The van der Waals surface area contributed by atoms with Gasteiger partial charge in [-0.25, -0.2) is 0 Å². The predicted molar refractivity (Wildman–Crippen MR) is 148 cm³/mol. The second-order valence-corrected chi connectivity index (χ2v) is 9.85. The summed E-state index contributed by atoms with van der Waals surface area (Å²) in [6.07, 6.45) is 13.2. The Morgan fingerprint density at radius 3 is 1.86 bits per heavy atom. The van der Waals surface area contributed by atoms with Crippen molar-refractivity contribution in [3.8, 4) is 17.2 Å². The van der Waals surface area contributed by atoms with Crippen LogP contribution in [0.4, 0.5) is 0 Å². The first-order valence-corrected chi connectivity index (χ1v) is 12.8. The van der Waals surface area contributed by atoms with Crippen molar-refractivity contribution in [2.45, 2.75) is 87.5 Å². The first-order valence-electron chi connectivity index (χ1n) is 12.8. The van der Waals surface area contributed by atoms with Gasteiger partial charge in [0.05, 0.1) is 0 Å². The Kier molecular flexibility index (Phi) is 13.9. The van der Waals surface area contributed by atoms with Gasteiger partial charge < -0.3 is 14.6 Å². The Morgan fingerprint density at radius 2 is 1.37 bits per heavy atom. The summed E-state index contributed by atoms with van der Waals surface area (Å²) < 4.78 is 11.9. The number of benzene rings is 1. The molecule has 0 aliphatic rings. The maximum atomic E-state index is 13.0. The molecule has 0 unspecified atom stereocenters. The molecule has 0 saturated carbocycles. The number of hydrogen-bond acceptors (Lipinski definition) is 4. The van der Waals surface area contributed by atoms with E-state index < -0.39 is 0 Å². The Bertz CT molecular complexity index is 939. The Balaban J connectivity index is 3.00. The monoisotopic (exact) mass is 482 g/mol. The minimum absolute atomic E-state index is 0.101. The van der Waals surface area contributed by atoms with E-state index in [1.165, 1.54) is 28.4 Å². The number of allylic oxidation sites excluding steroid dienone is 6. The Labute approximate surface area is 213 Å². The van der Waals surface area contributed by atoms with E-state index in [0.29, 0.717) is 31.1 Å². The third-order valence-electron chi connectivity index (χ3n) is 5.90. The summed E-state index contributed by atoms with van der Waals surface area (Å²) in [4.78, 5) is 13.0. The van der Waals surface area contributed by atoms with Crippen LogP contribution in [0.15, 0.2) is 58.7 Å². The minimum atomic E-state index is -0.206. The van der Waals surface area contributed by atoms with Crippen LogP contribution in [0.25, 0.3) is 0 Å². The van der Waals surface area contributed by atoms with Crippen molar-refractivity contribution >= 4 is 5.78 Å². The molecule has 0 aliphatic carbocycles. The summed E-state index contributed by atoms with van der Waals surface area (Å²) in [5.41, 5.74) is 5.34. The number of hydrogen-bond donors (Lipinski definition) is 1. The van der Waals surface area contributed by atoms with Crippen LogP contribution in [0, 0.1) is 5.92 Å². The second-order valence-electron chi connectivity index (χ2n) is 9.85. The van der Waals surface area contributed by atoms with Crippen LogP contribution >= 0.6 is 0 Å². The number of rotatable bonds is 15. The van der Waals surface area contributed by atoms with Crippen LogP contribution in [0.5, 0.6) is 17.2 Å². The molecule has 0 fully saturated rings. The normalized spacial score (nSPS) is 12.7. The van der Waals surface area contributed by atoms with E-state index >= 15 is 0 Å². The van der Waals surface area contributed by atoms with E-state index in [0.717, 1.165) is 25.7 Å². The number of carbonyl (C=O) groups excluding carboxylic acids is 1. The number of phenols is 1. The van der Waals surface area contributed by atoms with Crippen molar-refractivity contribution in [3.05, 3.63) is 64.3 Å². The summed E-state index contributed by atoms with van der Waals surface area (Å²) in [7, 11) is 0. The Morgan fingerprint density at radius 1 is 0.857 bits per heavy atom. The zero-order valence-electron chi connectivity index (χ0n) is 23.2. The van der Waals surface area contributed by atoms with Gasteiger partial charge in [0.15, 0.2) is 5.78 Å². The van der Waals surface area contributed by atoms with E-state index in [9.17, 15) is 9.90 Å². The molecule has 0 radical (unpaired) electrons. The van der Waals surface area contributed by atoms with Gasteiger partial charge in [0.25, 0.3) is 0 Å². The lowest BCUT2D eigenvalue weighted by atomic mass is 9.95. The summed E-state index contributed by atoms with van der Waals surface area (Å²) in [5, 5.41) is 10.7. The van der Waals surface area contributed by atoms with Crippen LogP contribution in [0.3, 0.4) is 0 Å². The van der Waals surface area contributed by atoms with Crippen molar-refractivity contribution in [2.24, 2.45) is 5.92 Å². The van der Waals surface area contributed by atoms with E-state index in [4.69, 9.17) is 9.47 Å². The molecule has 0 amide bonds. The lowest BCUT2D eigenvalue weighted by Gasteiger charge is -2.16. The molecule has 0 aliphatic heterocycles. The largest absolute Gasteiger partial charge is 0.507 e. The average Bonchev–Trinajstić information content (AvgIpc) is 2.77. The zero-order valence-corrected chi connectivity index (χ0v) is 23.2. The highest BCUT2D eigenvalue weighted by atomic mass is 16.5. The summed E-state index contributed by atoms with van der Waals surface area (Å²) >= 11 is 0. The highest BCUT2D eigenvalue weighted by Gasteiger charge is 2.23. The van der Waals surface area contributed by atoms with Crippen molar-refractivity contribution in [3.63, 3.8) is 0 Å². The molecule has 0 spiro atoms. The molecular weight excluding hydrogens is 436 g/mol. The third-order valence-corrected chi connectivity index (χ3v) is 5.90. The molecule has 4 heteroatoms. The number of carbonyl (C=O) groups is 1. The van der Waals surface area contributed by atoms with Gasteiger partial charge in [-0.05, 0) is 85.8 Å². The zero-order chi connectivity index (χ0) is 26.4. The molecule has 194 valence electrons. The molecule has 1 N–H and O–H groups in total. The minimum Gasteiger partial charge on any atom is -0.507 e. The van der Waals surface area contributed by atoms with Crippen molar-refractivity contribution in [2.75, 3.05) is 13.2 Å². The second kappa shape index (κ2) is 16.0. The number of Topliss-reactive ketones (excluding diaryl/α,β-unsaturated/α-hetero) is 1. The van der Waals surface area contributed by atoms with E-state index in [1.807, 2.05) is 26.0 Å². The van der Waals surface area contributed by atoms with Gasteiger partial charge in [-0.15, -0.1) is 0 Å². The van der Waals surface area contributed by atoms with Gasteiger partial charge >= 0.3 is 0 Å². The average molecular weight is 483 g/mol. The molecule has 4 nitrogen and oxygen atoms in total. The molecular formula is C31H46O4. The van der Waals surface area contributed by atoms with Gasteiger partial charge in [-0.3, -0.25) is 4.79 Å². The van der Waals surface area contributed by atoms with Crippen LogP contribution in [0.1, 0.15) is 97.9 Å². The van der Waals surface area contributed by atoms with E-state index in [2.05, 4.69) is 53.7 Å². The fourth-order valence-electron chi connectivity index (χ4n) is 3.39. The number of aromatic hydroxyl groups is 1. The molecule has 1 aromatic rings. The van der Waals surface area contributed by atoms with Gasteiger partial charge in [0, 0.05) is 18.1 Å². The maximum absolute atomic E-state index is 13.0. The number of phenolic OH excluding ortho intramolecular Hbond substituents is 1. The number of ketones is 1. The summed E-state index contributed by atoms with van der Waals surface area (Å²) in [6, 6.07) is 3.23. The van der Waals surface area contributed by atoms with Crippen LogP contribution in [-0.4, -0.2) is 24.1 Å². The first-order chi connectivity index (χ1) is 16.5. The Hall–Kier alpha value is -2.75. The van der Waals surface area contributed by atoms with Crippen molar-refractivity contribution in [1.29, 1.82) is 0 Å². The molecule has 1 aromatic carbocycles. The van der Waals surface area contributed by atoms with Crippen LogP contribution in [-0.2, 0) is 0 Å². The fourth-order valence-corrected chi connectivity index (χ4v) is 3.39. The van der Waals surface area contributed by atoms with Gasteiger partial charge in [0.1, 0.15) is 36.0 Å². The van der Waals surface area contributed by atoms with E-state index in [1.54, 1.807) is 6.07 Å². The number of ether oxygens (including phenoxy) is 2. The van der Waals surface area contributed by atoms with Gasteiger partial charge in [-0.1, -0.05) is 48.3 Å². The van der Waals surface area contributed by atoms with Crippen LogP contribution < -0.4 is 9.47 Å². The first kappa shape index (κ1) is 30.3. The molecule has 35 heavy (non-hydrogen) atoms.